The zero-order valence-corrected chi connectivity index (χ0v) is 21.3. The van der Waals surface area contributed by atoms with Gasteiger partial charge in [-0.25, -0.2) is 4.98 Å². The third kappa shape index (κ3) is 6.75. The lowest BCUT2D eigenvalue weighted by molar-refractivity contribution is -0.121. The van der Waals surface area contributed by atoms with Gasteiger partial charge in [0.05, 0.1) is 20.6 Å². The van der Waals surface area contributed by atoms with E-state index in [1.54, 1.807) is 19.6 Å². The Balaban J connectivity index is 1.31. The van der Waals surface area contributed by atoms with E-state index >= 15 is 0 Å². The number of benzene rings is 2. The van der Waals surface area contributed by atoms with E-state index in [1.807, 2.05) is 48.5 Å². The van der Waals surface area contributed by atoms with Gasteiger partial charge < -0.3 is 24.8 Å². The molecule has 0 bridgehead atoms. The minimum Gasteiger partial charge on any atom is -0.497 e. The van der Waals surface area contributed by atoms with Crippen LogP contribution in [0.25, 0.3) is 0 Å². The zero-order chi connectivity index (χ0) is 25.3. The average Bonchev–Trinajstić information content (AvgIpc) is 3.38. The molecular weight excluding hydrogens is 478 g/mol. The second-order valence-electron chi connectivity index (χ2n) is 8.63. The Morgan fingerprint density at radius 2 is 1.64 bits per heavy atom. The topological polar surface area (TPSA) is 98.8 Å². The number of hydrogen-bond donors (Lipinski definition) is 2. The molecule has 2 atom stereocenters. The summed E-state index contributed by atoms with van der Waals surface area (Å²) in [6, 6.07) is 14.6. The van der Waals surface area contributed by atoms with Crippen molar-refractivity contribution in [3.05, 3.63) is 70.2 Å². The van der Waals surface area contributed by atoms with Gasteiger partial charge in [0.25, 0.3) is 5.91 Å². The fourth-order valence-electron chi connectivity index (χ4n) is 4.26. The number of carbonyl (C=O) groups is 2. The molecule has 3 aromatic rings. The Morgan fingerprint density at radius 1 is 0.944 bits per heavy atom. The Morgan fingerprint density at radius 3 is 2.33 bits per heavy atom. The highest BCUT2D eigenvalue weighted by Crippen LogP contribution is 2.27. The number of ether oxygens (including phenoxy) is 3. The maximum atomic E-state index is 12.9. The van der Waals surface area contributed by atoms with Gasteiger partial charge in [-0.3, -0.25) is 9.59 Å². The zero-order valence-electron chi connectivity index (χ0n) is 20.5. The third-order valence-electron chi connectivity index (χ3n) is 6.16. The molecule has 0 radical (unpaired) electrons. The van der Waals surface area contributed by atoms with Crippen LogP contribution in [0.4, 0.5) is 0 Å². The van der Waals surface area contributed by atoms with Gasteiger partial charge >= 0.3 is 0 Å². The highest BCUT2D eigenvalue weighted by Gasteiger charge is 2.28. The molecule has 0 unspecified atom stereocenters. The fourth-order valence-corrected chi connectivity index (χ4v) is 4.95. The summed E-state index contributed by atoms with van der Waals surface area (Å²) in [6.07, 6.45) is 3.94. The van der Waals surface area contributed by atoms with E-state index in [-0.39, 0.29) is 36.9 Å². The molecule has 0 spiro atoms. The summed E-state index contributed by atoms with van der Waals surface area (Å²) in [4.78, 5) is 30.1. The van der Waals surface area contributed by atoms with Crippen LogP contribution in [0.5, 0.6) is 17.2 Å². The van der Waals surface area contributed by atoms with Crippen molar-refractivity contribution in [2.24, 2.45) is 0 Å². The van der Waals surface area contributed by atoms with Crippen molar-refractivity contribution in [2.75, 3.05) is 14.2 Å². The van der Waals surface area contributed by atoms with Gasteiger partial charge in [0, 0.05) is 17.5 Å². The standard InChI is InChI=1S/C27H31N3O5S/c1-33-19-13-11-18(12-14-19)15-25(31)28-20-7-3-4-8-21(20)30-27(32)22-17-36-26(29-22)16-35-24-10-6-5-9-23(24)34-2/h5-6,9-14,17,20-21H,3-4,7-8,15-16H2,1-2H3,(H,28,31)(H,30,32)/t20-,21-/m0/s1. The number of rotatable bonds is 10. The first-order valence-electron chi connectivity index (χ1n) is 12.0. The van der Waals surface area contributed by atoms with Crippen LogP contribution in [-0.4, -0.2) is 43.1 Å². The number of carbonyl (C=O) groups excluding carboxylic acids is 2. The monoisotopic (exact) mass is 509 g/mol. The fraction of sp³-hybridized carbons (Fsp3) is 0.370. The molecule has 4 rings (SSSR count). The van der Waals surface area contributed by atoms with Crippen LogP contribution in [0, 0.1) is 0 Å². The highest BCUT2D eigenvalue weighted by molar-refractivity contribution is 7.09. The van der Waals surface area contributed by atoms with Gasteiger partial charge in [0.15, 0.2) is 11.5 Å². The van der Waals surface area contributed by atoms with Crippen LogP contribution < -0.4 is 24.8 Å². The van der Waals surface area contributed by atoms with Gasteiger partial charge in [-0.2, -0.15) is 0 Å². The normalized spacial score (nSPS) is 17.2. The summed E-state index contributed by atoms with van der Waals surface area (Å²) in [5.74, 6) is 1.72. The predicted octanol–water partition coefficient (Wildman–Crippen LogP) is 4.14. The SMILES string of the molecule is COc1ccc(CC(=O)N[C@H]2CCCC[C@@H]2NC(=O)c2csc(COc3ccccc3OC)n2)cc1. The molecule has 1 aromatic heterocycles. The van der Waals surface area contributed by atoms with Crippen molar-refractivity contribution in [3.8, 4) is 17.2 Å². The number of nitrogens with zero attached hydrogens (tertiary/aromatic N) is 1. The molecule has 2 amide bonds. The second-order valence-corrected chi connectivity index (χ2v) is 9.57. The van der Waals surface area contributed by atoms with E-state index in [2.05, 4.69) is 15.6 Å². The maximum Gasteiger partial charge on any atom is 0.271 e. The van der Waals surface area contributed by atoms with Gasteiger partial charge in [-0.15, -0.1) is 11.3 Å². The molecule has 2 N–H and O–H groups in total. The van der Waals surface area contributed by atoms with Crippen LogP contribution in [0.2, 0.25) is 0 Å². The summed E-state index contributed by atoms with van der Waals surface area (Å²) in [5, 5.41) is 8.64. The predicted molar refractivity (Wildman–Crippen MR) is 138 cm³/mol. The lowest BCUT2D eigenvalue weighted by Crippen LogP contribution is -2.53. The van der Waals surface area contributed by atoms with Crippen LogP contribution in [-0.2, 0) is 17.8 Å². The van der Waals surface area contributed by atoms with E-state index in [9.17, 15) is 9.59 Å². The molecule has 0 aliphatic heterocycles. The molecule has 8 nitrogen and oxygen atoms in total. The van der Waals surface area contributed by atoms with Crippen molar-refractivity contribution in [2.45, 2.75) is 50.8 Å². The molecule has 0 saturated heterocycles. The van der Waals surface area contributed by atoms with Crippen molar-refractivity contribution in [1.82, 2.24) is 15.6 Å². The number of methoxy groups -OCH3 is 2. The summed E-state index contributed by atoms with van der Waals surface area (Å²) in [5.41, 5.74) is 1.27. The first-order chi connectivity index (χ1) is 17.6. The maximum absolute atomic E-state index is 12.9. The molecule has 36 heavy (non-hydrogen) atoms. The molecule has 1 aliphatic rings. The van der Waals surface area contributed by atoms with Crippen LogP contribution in [0.3, 0.4) is 0 Å². The number of para-hydroxylation sites is 2. The van der Waals surface area contributed by atoms with Gasteiger partial charge in [-0.05, 0) is 42.7 Å². The Labute approximate surface area is 215 Å². The first-order valence-corrected chi connectivity index (χ1v) is 12.9. The first kappa shape index (κ1) is 25.5. The highest BCUT2D eigenvalue weighted by atomic mass is 32.1. The minimum absolute atomic E-state index is 0.0595. The number of thiazole rings is 1. The lowest BCUT2D eigenvalue weighted by atomic mass is 9.90. The number of hydrogen-bond acceptors (Lipinski definition) is 7. The molecule has 190 valence electrons. The van der Waals surface area contributed by atoms with Crippen LogP contribution in [0.1, 0.15) is 46.7 Å². The van der Waals surface area contributed by atoms with E-state index in [0.717, 1.165) is 37.0 Å². The Hall–Kier alpha value is -3.59. The Kier molecular flexibility index (Phi) is 8.78. The molecule has 1 fully saturated rings. The second kappa shape index (κ2) is 12.4. The van der Waals surface area contributed by atoms with E-state index in [1.165, 1.54) is 11.3 Å². The van der Waals surface area contributed by atoms with Gasteiger partial charge in [0.1, 0.15) is 23.1 Å². The quantitative estimate of drug-likeness (QED) is 0.426. The lowest BCUT2D eigenvalue weighted by Gasteiger charge is -2.32. The number of nitrogens with one attached hydrogen (secondary N) is 2. The van der Waals surface area contributed by atoms with Crippen LogP contribution in [0.15, 0.2) is 53.9 Å². The molecule has 1 saturated carbocycles. The summed E-state index contributed by atoms with van der Waals surface area (Å²) < 4.78 is 16.3. The summed E-state index contributed by atoms with van der Waals surface area (Å²) in [7, 11) is 3.20. The molecular formula is C27H31N3O5S. The summed E-state index contributed by atoms with van der Waals surface area (Å²) in [6.45, 7) is 0.242. The van der Waals surface area contributed by atoms with Crippen molar-refractivity contribution in [3.63, 3.8) is 0 Å². The van der Waals surface area contributed by atoms with E-state index < -0.39 is 0 Å². The Bertz CT molecular complexity index is 1160. The third-order valence-corrected chi connectivity index (χ3v) is 6.98. The van der Waals surface area contributed by atoms with E-state index in [0.29, 0.717) is 22.2 Å². The van der Waals surface area contributed by atoms with Gasteiger partial charge in [0.2, 0.25) is 5.91 Å². The summed E-state index contributed by atoms with van der Waals surface area (Å²) >= 11 is 1.37. The largest absolute Gasteiger partial charge is 0.497 e. The average molecular weight is 510 g/mol. The van der Waals surface area contributed by atoms with Crippen molar-refractivity contribution < 1.29 is 23.8 Å². The smallest absolute Gasteiger partial charge is 0.271 e. The van der Waals surface area contributed by atoms with Gasteiger partial charge in [-0.1, -0.05) is 37.1 Å². The number of aromatic nitrogens is 1. The van der Waals surface area contributed by atoms with Crippen molar-refractivity contribution >= 4 is 23.2 Å². The van der Waals surface area contributed by atoms with E-state index in [4.69, 9.17) is 14.2 Å². The van der Waals surface area contributed by atoms with Crippen molar-refractivity contribution in [1.29, 1.82) is 0 Å². The van der Waals surface area contributed by atoms with Crippen LogP contribution >= 0.6 is 11.3 Å². The number of amides is 2. The molecule has 1 aliphatic carbocycles. The molecule has 1 heterocycles. The molecule has 9 heteroatoms. The molecule has 2 aromatic carbocycles. The minimum atomic E-state index is -0.240.